The number of amides is 2. The highest BCUT2D eigenvalue weighted by Gasteiger charge is 2.29. The zero-order valence-corrected chi connectivity index (χ0v) is 17.8. The number of likely N-dealkylation sites (tertiary alicyclic amines) is 2. The van der Waals surface area contributed by atoms with E-state index in [1.807, 2.05) is 25.1 Å². The molecule has 0 saturated carbocycles. The first-order valence-corrected chi connectivity index (χ1v) is 10.9. The molecule has 0 bridgehead atoms. The number of benzene rings is 1. The fraction of sp³-hybridized carbons (Fsp3) is 0.619. The number of hydrogen-bond donors (Lipinski definition) is 1. The van der Waals surface area contributed by atoms with Crippen LogP contribution in [0.2, 0.25) is 0 Å². The molecule has 2 fully saturated rings. The molecule has 27 heavy (non-hydrogen) atoms. The number of carbonyl (C=O) groups is 2. The molecule has 2 aliphatic heterocycles. The maximum absolute atomic E-state index is 12.8. The van der Waals surface area contributed by atoms with Crippen LogP contribution in [0.1, 0.15) is 44.1 Å². The number of aryl methyl sites for hydroxylation is 1. The Bertz CT molecular complexity index is 663. The maximum Gasteiger partial charge on any atom is 0.238 e. The largest absolute Gasteiger partial charge is 0.342 e. The lowest BCUT2D eigenvalue weighted by Crippen LogP contribution is -2.44. The first kappa shape index (κ1) is 20.3. The average molecular weight is 436 g/mol. The van der Waals surface area contributed by atoms with E-state index in [4.69, 9.17) is 0 Å². The third-order valence-corrected chi connectivity index (χ3v) is 6.18. The van der Waals surface area contributed by atoms with Crippen molar-refractivity contribution in [3.8, 4) is 0 Å². The first-order chi connectivity index (χ1) is 13.0. The topological polar surface area (TPSA) is 52.7 Å². The third-order valence-electron chi connectivity index (χ3n) is 5.68. The van der Waals surface area contributed by atoms with Crippen molar-refractivity contribution in [2.24, 2.45) is 5.92 Å². The number of halogens is 1. The van der Waals surface area contributed by atoms with E-state index in [2.05, 4.69) is 31.0 Å². The number of piperidine rings is 1. The highest BCUT2D eigenvalue weighted by molar-refractivity contribution is 9.10. The minimum Gasteiger partial charge on any atom is -0.342 e. The molecule has 148 valence electrons. The average Bonchev–Trinajstić information content (AvgIpc) is 2.93. The number of nitrogens with one attached hydrogen (secondary N) is 1. The van der Waals surface area contributed by atoms with Crippen molar-refractivity contribution in [2.45, 2.75) is 45.4 Å². The minimum atomic E-state index is 0.0118. The molecule has 0 spiro atoms. The highest BCUT2D eigenvalue weighted by Crippen LogP contribution is 2.23. The number of hydrogen-bond acceptors (Lipinski definition) is 3. The van der Waals surface area contributed by atoms with Gasteiger partial charge in [0.1, 0.15) is 0 Å². The Morgan fingerprint density at radius 2 is 1.74 bits per heavy atom. The van der Waals surface area contributed by atoms with E-state index in [0.29, 0.717) is 12.5 Å². The normalized spacial score (nSPS) is 19.6. The van der Waals surface area contributed by atoms with Gasteiger partial charge in [-0.15, -0.1) is 0 Å². The monoisotopic (exact) mass is 435 g/mol. The minimum absolute atomic E-state index is 0.0118. The number of anilines is 1. The van der Waals surface area contributed by atoms with Crippen LogP contribution in [-0.4, -0.2) is 54.3 Å². The van der Waals surface area contributed by atoms with Crippen LogP contribution in [0.4, 0.5) is 5.69 Å². The SMILES string of the molecule is Cc1cc(Br)ccc1NC(=O)CN1CCC(C(=O)N2CCCCCC2)CC1. The molecule has 2 heterocycles. The summed E-state index contributed by atoms with van der Waals surface area (Å²) in [5, 5.41) is 3.00. The quantitative estimate of drug-likeness (QED) is 0.781. The van der Waals surface area contributed by atoms with E-state index in [1.54, 1.807) is 0 Å². The molecule has 0 unspecified atom stereocenters. The van der Waals surface area contributed by atoms with Crippen molar-refractivity contribution in [3.05, 3.63) is 28.2 Å². The zero-order valence-electron chi connectivity index (χ0n) is 16.2. The van der Waals surface area contributed by atoms with Crippen molar-refractivity contribution in [3.63, 3.8) is 0 Å². The molecule has 0 aromatic heterocycles. The van der Waals surface area contributed by atoms with Crippen LogP contribution in [0.25, 0.3) is 0 Å². The van der Waals surface area contributed by atoms with Gasteiger partial charge in [0.25, 0.3) is 0 Å². The Kier molecular flexibility index (Phi) is 7.30. The predicted octanol–water partition coefficient (Wildman–Crippen LogP) is 3.81. The Labute approximate surface area is 170 Å². The fourth-order valence-corrected chi connectivity index (χ4v) is 4.52. The first-order valence-electron chi connectivity index (χ1n) is 10.1. The number of carbonyl (C=O) groups excluding carboxylic acids is 2. The summed E-state index contributed by atoms with van der Waals surface area (Å²) in [4.78, 5) is 29.4. The summed E-state index contributed by atoms with van der Waals surface area (Å²) in [5.41, 5.74) is 1.90. The summed E-state index contributed by atoms with van der Waals surface area (Å²) < 4.78 is 1.01. The fourth-order valence-electron chi connectivity index (χ4n) is 4.05. The van der Waals surface area contributed by atoms with Crippen LogP contribution in [-0.2, 0) is 9.59 Å². The second-order valence-corrected chi connectivity index (χ2v) is 8.71. The van der Waals surface area contributed by atoms with Gasteiger partial charge in [-0.2, -0.15) is 0 Å². The Morgan fingerprint density at radius 1 is 1.07 bits per heavy atom. The summed E-state index contributed by atoms with van der Waals surface area (Å²) in [6.45, 7) is 5.86. The Hall–Kier alpha value is -1.40. The van der Waals surface area contributed by atoms with Gasteiger partial charge in [-0.1, -0.05) is 28.8 Å². The van der Waals surface area contributed by atoms with E-state index in [9.17, 15) is 9.59 Å². The van der Waals surface area contributed by atoms with Crippen molar-refractivity contribution < 1.29 is 9.59 Å². The number of nitrogens with zero attached hydrogens (tertiary/aromatic N) is 2. The van der Waals surface area contributed by atoms with Crippen molar-refractivity contribution in [1.29, 1.82) is 0 Å². The Morgan fingerprint density at radius 3 is 2.37 bits per heavy atom. The van der Waals surface area contributed by atoms with Gasteiger partial charge in [0, 0.05) is 29.2 Å². The van der Waals surface area contributed by atoms with Crippen molar-refractivity contribution >= 4 is 33.4 Å². The van der Waals surface area contributed by atoms with Crippen molar-refractivity contribution in [1.82, 2.24) is 9.80 Å². The molecule has 0 aliphatic carbocycles. The molecule has 2 amide bonds. The van der Waals surface area contributed by atoms with Crippen LogP contribution in [0.15, 0.2) is 22.7 Å². The lowest BCUT2D eigenvalue weighted by atomic mass is 9.95. The van der Waals surface area contributed by atoms with Crippen LogP contribution >= 0.6 is 15.9 Å². The molecule has 2 aliphatic rings. The van der Waals surface area contributed by atoms with Gasteiger partial charge in [0.2, 0.25) is 11.8 Å². The predicted molar refractivity (Wildman–Crippen MR) is 112 cm³/mol. The Balaban J connectivity index is 1.44. The van der Waals surface area contributed by atoms with Gasteiger partial charge < -0.3 is 10.2 Å². The molecule has 1 aromatic carbocycles. The van der Waals surface area contributed by atoms with Gasteiger partial charge in [-0.05, 0) is 69.5 Å². The molecular formula is C21H30BrN3O2. The maximum atomic E-state index is 12.8. The number of rotatable bonds is 4. The highest BCUT2D eigenvalue weighted by atomic mass is 79.9. The van der Waals surface area contributed by atoms with Gasteiger partial charge in [0.05, 0.1) is 6.54 Å². The summed E-state index contributed by atoms with van der Waals surface area (Å²) in [5.74, 6) is 0.486. The molecule has 1 aromatic rings. The van der Waals surface area contributed by atoms with Crippen LogP contribution < -0.4 is 5.32 Å². The zero-order chi connectivity index (χ0) is 19.2. The van der Waals surface area contributed by atoms with E-state index >= 15 is 0 Å². The molecule has 3 rings (SSSR count). The van der Waals surface area contributed by atoms with Gasteiger partial charge in [0.15, 0.2) is 0 Å². The van der Waals surface area contributed by atoms with Gasteiger partial charge >= 0.3 is 0 Å². The van der Waals surface area contributed by atoms with Crippen LogP contribution in [0, 0.1) is 12.8 Å². The lowest BCUT2D eigenvalue weighted by molar-refractivity contribution is -0.137. The van der Waals surface area contributed by atoms with E-state index < -0.39 is 0 Å². The van der Waals surface area contributed by atoms with E-state index in [0.717, 1.165) is 67.6 Å². The smallest absolute Gasteiger partial charge is 0.238 e. The second-order valence-electron chi connectivity index (χ2n) is 7.80. The van der Waals surface area contributed by atoms with Gasteiger partial charge in [-0.25, -0.2) is 0 Å². The summed E-state index contributed by atoms with van der Waals surface area (Å²) >= 11 is 3.44. The lowest BCUT2D eigenvalue weighted by Gasteiger charge is -2.33. The standard InChI is InChI=1S/C21H30BrN3O2/c1-16-14-18(22)6-7-19(16)23-20(26)15-24-12-8-17(9-13-24)21(27)25-10-4-2-3-5-11-25/h6-7,14,17H,2-5,8-13,15H2,1H3,(H,23,26). The van der Waals surface area contributed by atoms with Crippen LogP contribution in [0.5, 0.6) is 0 Å². The summed E-state index contributed by atoms with van der Waals surface area (Å²) in [6, 6.07) is 5.85. The molecule has 1 N–H and O–H groups in total. The van der Waals surface area contributed by atoms with E-state index in [-0.39, 0.29) is 11.8 Å². The molecule has 5 nitrogen and oxygen atoms in total. The molecule has 0 radical (unpaired) electrons. The van der Waals surface area contributed by atoms with Gasteiger partial charge in [-0.3, -0.25) is 14.5 Å². The third kappa shape index (κ3) is 5.79. The molecule has 2 saturated heterocycles. The molecule has 6 heteroatoms. The van der Waals surface area contributed by atoms with Crippen molar-refractivity contribution in [2.75, 3.05) is 38.0 Å². The second kappa shape index (κ2) is 9.69. The van der Waals surface area contributed by atoms with E-state index in [1.165, 1.54) is 12.8 Å². The summed E-state index contributed by atoms with van der Waals surface area (Å²) in [6.07, 6.45) is 6.49. The summed E-state index contributed by atoms with van der Waals surface area (Å²) in [7, 11) is 0. The molecular weight excluding hydrogens is 406 g/mol. The van der Waals surface area contributed by atoms with Crippen LogP contribution in [0.3, 0.4) is 0 Å². The molecule has 0 atom stereocenters.